The van der Waals surface area contributed by atoms with Crippen LogP contribution in [0.1, 0.15) is 71.6 Å². The van der Waals surface area contributed by atoms with E-state index in [1.807, 2.05) is 12.2 Å². The van der Waals surface area contributed by atoms with Crippen LogP contribution >= 0.6 is 0 Å². The first-order chi connectivity index (χ1) is 16.0. The molecular formula is C30H42FNO. The van der Waals surface area contributed by atoms with E-state index in [0.717, 1.165) is 32.4 Å². The van der Waals surface area contributed by atoms with Crippen LogP contribution in [-0.4, -0.2) is 31.2 Å². The molecule has 0 aromatic carbocycles. The molecule has 33 heavy (non-hydrogen) atoms. The molecule has 0 aromatic heterocycles. The maximum absolute atomic E-state index is 14.1. The largest absolute Gasteiger partial charge is 0.384 e. The Hall–Kier alpha value is -1.87. The first-order valence-corrected chi connectivity index (χ1v) is 13.0. The molecule has 3 atom stereocenters. The molecule has 180 valence electrons. The Labute approximate surface area is 200 Å². The minimum Gasteiger partial charge on any atom is -0.384 e. The van der Waals surface area contributed by atoms with Crippen LogP contribution in [0.4, 0.5) is 4.39 Å². The first-order valence-electron chi connectivity index (χ1n) is 13.0. The van der Waals surface area contributed by atoms with Gasteiger partial charge in [0, 0.05) is 37.7 Å². The zero-order chi connectivity index (χ0) is 23.4. The van der Waals surface area contributed by atoms with Crippen molar-refractivity contribution in [3.05, 3.63) is 70.8 Å². The van der Waals surface area contributed by atoms with E-state index in [1.165, 1.54) is 60.9 Å². The molecule has 2 unspecified atom stereocenters. The third-order valence-corrected chi connectivity index (χ3v) is 7.93. The van der Waals surface area contributed by atoms with Crippen LogP contribution in [-0.2, 0) is 4.74 Å². The quantitative estimate of drug-likeness (QED) is 0.373. The fraction of sp³-hybridized carbons (Fsp3) is 0.600. The van der Waals surface area contributed by atoms with E-state index in [4.69, 9.17) is 4.74 Å². The molecule has 2 nitrogen and oxygen atoms in total. The van der Waals surface area contributed by atoms with Crippen molar-refractivity contribution >= 4 is 0 Å². The Bertz CT molecular complexity index is 885. The van der Waals surface area contributed by atoms with Crippen LogP contribution in [0.5, 0.6) is 0 Å². The average molecular weight is 452 g/mol. The smallest absolute Gasteiger partial charge is 0.119 e. The van der Waals surface area contributed by atoms with Gasteiger partial charge in [-0.3, -0.25) is 0 Å². The van der Waals surface area contributed by atoms with Crippen LogP contribution < -0.4 is 0 Å². The lowest BCUT2D eigenvalue weighted by Gasteiger charge is -2.32. The maximum atomic E-state index is 14.1. The maximum Gasteiger partial charge on any atom is 0.119 e. The van der Waals surface area contributed by atoms with Crippen molar-refractivity contribution in [3.8, 4) is 0 Å². The highest BCUT2D eigenvalue weighted by molar-refractivity contribution is 5.50. The van der Waals surface area contributed by atoms with Gasteiger partial charge >= 0.3 is 0 Å². The molecule has 1 saturated heterocycles. The van der Waals surface area contributed by atoms with Gasteiger partial charge in [-0.2, -0.15) is 0 Å². The Morgan fingerprint density at radius 3 is 2.82 bits per heavy atom. The summed E-state index contributed by atoms with van der Waals surface area (Å²) in [6.45, 7) is 10.8. The van der Waals surface area contributed by atoms with Crippen molar-refractivity contribution in [2.45, 2.75) is 77.7 Å². The lowest BCUT2D eigenvalue weighted by molar-refractivity contribution is 0.181. The molecule has 2 fully saturated rings. The van der Waals surface area contributed by atoms with Gasteiger partial charge in [-0.25, -0.2) is 4.39 Å². The number of likely N-dealkylation sites (tertiary alicyclic amines) is 1. The number of ether oxygens (including phenoxy) is 1. The van der Waals surface area contributed by atoms with Gasteiger partial charge in [0.1, 0.15) is 5.83 Å². The number of methoxy groups -OCH3 is 1. The second-order valence-electron chi connectivity index (χ2n) is 10.6. The standard InChI is InChI=1S/C30H42FNO/c1-21-17-25(19-24-7-6-15-32(23(3)18-24)22(2)14-16-33-4)10-13-29(26-11-12-26)30(21)27-8-5-9-28(31)20-27/h5,9,13,17,20,23-24,26-27H,2,6-8,10-12,14-16,18-19H2,1,3-4H3/t23-,24?,27?/m1/s1. The summed E-state index contributed by atoms with van der Waals surface area (Å²) in [5.74, 6) is 1.50. The second kappa shape index (κ2) is 11.0. The molecule has 1 saturated carbocycles. The molecule has 3 heteroatoms. The molecule has 1 aliphatic heterocycles. The van der Waals surface area contributed by atoms with Gasteiger partial charge in [-0.1, -0.05) is 30.4 Å². The molecule has 0 N–H and O–H groups in total. The minimum absolute atomic E-state index is 0.0840. The van der Waals surface area contributed by atoms with Crippen LogP contribution in [0, 0.1) is 17.8 Å². The summed E-state index contributed by atoms with van der Waals surface area (Å²) in [6, 6.07) is 0.528. The molecule has 0 radical (unpaired) electrons. The Balaban J connectivity index is 1.48. The Morgan fingerprint density at radius 1 is 1.27 bits per heavy atom. The summed E-state index contributed by atoms with van der Waals surface area (Å²) in [7, 11) is 1.76. The van der Waals surface area contributed by atoms with Gasteiger partial charge < -0.3 is 9.64 Å². The number of hydrogen-bond donors (Lipinski definition) is 0. The normalized spacial score (nSPS) is 28.7. The molecule has 0 amide bonds. The van der Waals surface area contributed by atoms with Crippen molar-refractivity contribution in [1.82, 2.24) is 4.90 Å². The summed E-state index contributed by atoms with van der Waals surface area (Å²) in [5, 5.41) is 0. The van der Waals surface area contributed by atoms with Crippen molar-refractivity contribution in [3.63, 3.8) is 0 Å². The van der Waals surface area contributed by atoms with Crippen LogP contribution in [0.25, 0.3) is 0 Å². The molecule has 0 aromatic rings. The van der Waals surface area contributed by atoms with Crippen molar-refractivity contribution in [1.29, 1.82) is 0 Å². The number of nitrogens with zero attached hydrogens (tertiary/aromatic N) is 1. The molecular weight excluding hydrogens is 409 g/mol. The predicted octanol–water partition coefficient (Wildman–Crippen LogP) is 7.83. The molecule has 4 rings (SSSR count). The average Bonchev–Trinajstić information content (AvgIpc) is 3.63. The highest BCUT2D eigenvalue weighted by atomic mass is 19.1. The molecule has 4 aliphatic rings. The summed E-state index contributed by atoms with van der Waals surface area (Å²) < 4.78 is 19.3. The number of rotatable bonds is 8. The van der Waals surface area contributed by atoms with E-state index in [1.54, 1.807) is 18.8 Å². The first kappa shape index (κ1) is 24.3. The molecule has 1 heterocycles. The molecule has 0 bridgehead atoms. The fourth-order valence-electron chi connectivity index (χ4n) is 6.18. The van der Waals surface area contributed by atoms with Gasteiger partial charge in [-0.15, -0.1) is 0 Å². The van der Waals surface area contributed by atoms with Gasteiger partial charge in [0.05, 0.1) is 6.61 Å². The van der Waals surface area contributed by atoms with Gasteiger partial charge in [0.25, 0.3) is 0 Å². The molecule has 3 aliphatic carbocycles. The highest BCUT2D eigenvalue weighted by Gasteiger charge is 2.33. The minimum atomic E-state index is -0.0840. The summed E-state index contributed by atoms with van der Waals surface area (Å²) in [4.78, 5) is 2.52. The summed E-state index contributed by atoms with van der Waals surface area (Å²) >= 11 is 0. The van der Waals surface area contributed by atoms with Gasteiger partial charge in [-0.05, 0) is 106 Å². The van der Waals surface area contributed by atoms with E-state index < -0.39 is 0 Å². The number of halogens is 1. The van der Waals surface area contributed by atoms with E-state index >= 15 is 0 Å². The fourth-order valence-corrected chi connectivity index (χ4v) is 6.18. The van der Waals surface area contributed by atoms with Crippen molar-refractivity contribution < 1.29 is 9.13 Å². The van der Waals surface area contributed by atoms with Crippen LogP contribution in [0.2, 0.25) is 0 Å². The zero-order valence-electron chi connectivity index (χ0n) is 20.9. The van der Waals surface area contributed by atoms with E-state index in [2.05, 4.69) is 37.5 Å². The van der Waals surface area contributed by atoms with Crippen LogP contribution in [0.15, 0.2) is 70.8 Å². The Morgan fingerprint density at radius 2 is 2.09 bits per heavy atom. The zero-order valence-corrected chi connectivity index (χ0v) is 20.9. The highest BCUT2D eigenvalue weighted by Crippen LogP contribution is 2.47. The number of allylic oxidation sites excluding steroid dienone is 10. The van der Waals surface area contributed by atoms with Crippen LogP contribution in [0.3, 0.4) is 0 Å². The predicted molar refractivity (Wildman–Crippen MR) is 136 cm³/mol. The SMILES string of the molecule is C=C(CCOC)N1CCCC(CC2=CC(C)=C(C3C=C(F)C=CC3)C(C3CC3)=CC2)C[C@H]1C. The van der Waals surface area contributed by atoms with E-state index in [9.17, 15) is 4.39 Å². The Kier molecular flexibility index (Phi) is 8.11. The second-order valence-corrected chi connectivity index (χ2v) is 10.6. The van der Waals surface area contributed by atoms with Crippen molar-refractivity contribution in [2.24, 2.45) is 17.8 Å². The summed E-state index contributed by atoms with van der Waals surface area (Å²) in [5.41, 5.74) is 7.06. The summed E-state index contributed by atoms with van der Waals surface area (Å²) in [6.07, 6.45) is 20.8. The van der Waals surface area contributed by atoms with Gasteiger partial charge in [0.15, 0.2) is 0 Å². The molecule has 0 spiro atoms. The van der Waals surface area contributed by atoms with Gasteiger partial charge in [0.2, 0.25) is 0 Å². The van der Waals surface area contributed by atoms with Crippen molar-refractivity contribution in [2.75, 3.05) is 20.3 Å². The third kappa shape index (κ3) is 6.18. The number of hydrogen-bond acceptors (Lipinski definition) is 2. The van der Waals surface area contributed by atoms with E-state index in [0.29, 0.717) is 17.9 Å². The topological polar surface area (TPSA) is 12.5 Å². The third-order valence-electron chi connectivity index (χ3n) is 7.93. The lowest BCUT2D eigenvalue weighted by atomic mass is 9.82. The van der Waals surface area contributed by atoms with E-state index in [-0.39, 0.29) is 11.7 Å². The lowest BCUT2D eigenvalue weighted by Crippen LogP contribution is -2.32. The monoisotopic (exact) mass is 451 g/mol.